The number of nitrogens with one attached hydrogen (secondary N) is 2. The lowest BCUT2D eigenvalue weighted by Crippen LogP contribution is -2.57. The zero-order valence-corrected chi connectivity index (χ0v) is 17.3. The third-order valence-corrected chi connectivity index (χ3v) is 5.58. The average molecular weight is 443 g/mol. The molecule has 2 heterocycles. The molecule has 1 aliphatic heterocycles. The van der Waals surface area contributed by atoms with E-state index in [0.29, 0.717) is 12.7 Å². The second kappa shape index (κ2) is 10.1. The monoisotopic (exact) mass is 443 g/mol. The first-order chi connectivity index (χ1) is 14.9. The van der Waals surface area contributed by atoms with Gasteiger partial charge in [-0.15, -0.1) is 0 Å². The van der Waals surface area contributed by atoms with Crippen molar-refractivity contribution >= 4 is 41.3 Å². The Morgan fingerprint density at radius 1 is 1.10 bits per heavy atom. The molecule has 1 aliphatic rings. The van der Waals surface area contributed by atoms with Crippen LogP contribution < -0.4 is 10.7 Å². The Bertz CT molecular complexity index is 956. The van der Waals surface area contributed by atoms with Crippen LogP contribution in [0.3, 0.4) is 0 Å². The number of imide groups is 1. The molecule has 0 saturated carbocycles. The molecular weight excluding hydrogens is 422 g/mol. The largest absolute Gasteiger partial charge is 0.480 e. The summed E-state index contributed by atoms with van der Waals surface area (Å²) < 4.78 is 0. The summed E-state index contributed by atoms with van der Waals surface area (Å²) in [6.07, 6.45) is 1.40. The van der Waals surface area contributed by atoms with Gasteiger partial charge in [-0.2, -0.15) is 11.3 Å². The quantitative estimate of drug-likeness (QED) is 0.272. The van der Waals surface area contributed by atoms with Crippen LogP contribution in [0.25, 0.3) is 0 Å². The van der Waals surface area contributed by atoms with Gasteiger partial charge >= 0.3 is 5.97 Å². The molecule has 3 rings (SSSR count). The smallest absolute Gasteiger partial charge is 0.326 e. The molecule has 1 aromatic carbocycles. The van der Waals surface area contributed by atoms with Crippen molar-refractivity contribution in [3.8, 4) is 0 Å². The minimum atomic E-state index is -1.23. The Morgan fingerprint density at radius 2 is 1.77 bits per heavy atom. The first-order valence-electron chi connectivity index (χ1n) is 9.64. The van der Waals surface area contributed by atoms with Gasteiger partial charge in [0.25, 0.3) is 11.8 Å². The van der Waals surface area contributed by atoms with Gasteiger partial charge < -0.3 is 15.2 Å². The molecule has 0 radical (unpaired) electrons. The third kappa shape index (κ3) is 5.22. The summed E-state index contributed by atoms with van der Waals surface area (Å²) in [5, 5.41) is 16.3. The Kier molecular flexibility index (Phi) is 7.27. The van der Waals surface area contributed by atoms with Crippen molar-refractivity contribution in [2.75, 3.05) is 0 Å². The van der Waals surface area contributed by atoms with Gasteiger partial charge in [0.05, 0.1) is 11.1 Å². The van der Waals surface area contributed by atoms with E-state index in [1.807, 2.05) is 10.8 Å². The number of carbonyl (C=O) groups excluding carboxylic acids is 4. The summed E-state index contributed by atoms with van der Waals surface area (Å²) in [6.45, 7) is 0. The van der Waals surface area contributed by atoms with Crippen LogP contribution in [0.1, 0.15) is 45.5 Å². The lowest BCUT2D eigenvalue weighted by molar-refractivity contribution is -0.142. The van der Waals surface area contributed by atoms with Crippen LogP contribution in [0, 0.1) is 0 Å². The number of hydrogen-bond acceptors (Lipinski definition) is 7. The number of thiophene rings is 1. The molecule has 0 aliphatic carbocycles. The lowest BCUT2D eigenvalue weighted by atomic mass is 10.1. The predicted molar refractivity (Wildman–Crippen MR) is 111 cm³/mol. The van der Waals surface area contributed by atoms with Gasteiger partial charge in [-0.1, -0.05) is 12.1 Å². The van der Waals surface area contributed by atoms with E-state index in [4.69, 9.17) is 0 Å². The van der Waals surface area contributed by atoms with Gasteiger partial charge in [0.2, 0.25) is 5.91 Å². The number of carboxylic acids is 1. The number of fused-ring (bicyclic) bond motifs is 1. The standard InChI is InChI=1S/C21H21N3O6S/c25-9-4-3-7-16(21(29)30)22-18(26)17(11-13-8-10-31-12-13)23-24-19(27)14-5-1-2-6-15(14)20(24)28/h1-2,5-6,8-10,12,16-17,23H,3-4,7,11H2,(H,22,26)(H,29,30)/t16-,17-/m0/s1. The van der Waals surface area contributed by atoms with E-state index >= 15 is 0 Å². The first-order valence-corrected chi connectivity index (χ1v) is 10.6. The molecule has 0 spiro atoms. The topological polar surface area (TPSA) is 133 Å². The highest BCUT2D eigenvalue weighted by atomic mass is 32.1. The maximum atomic E-state index is 12.9. The highest BCUT2D eigenvalue weighted by molar-refractivity contribution is 7.07. The van der Waals surface area contributed by atoms with Gasteiger partial charge in [-0.25, -0.2) is 15.2 Å². The molecule has 3 amide bonds. The molecule has 1 aromatic heterocycles. The second-order valence-corrected chi connectivity index (χ2v) is 7.79. The molecule has 162 valence electrons. The molecule has 0 fully saturated rings. The van der Waals surface area contributed by atoms with Crippen LogP contribution in [0.4, 0.5) is 0 Å². The highest BCUT2D eigenvalue weighted by Gasteiger charge is 2.38. The van der Waals surface area contributed by atoms with Crippen LogP contribution >= 0.6 is 11.3 Å². The first kappa shape index (κ1) is 22.3. The molecule has 2 atom stereocenters. The molecule has 0 bridgehead atoms. The van der Waals surface area contributed by atoms with Crippen molar-refractivity contribution in [2.45, 2.75) is 37.8 Å². The van der Waals surface area contributed by atoms with Crippen molar-refractivity contribution in [1.82, 2.24) is 15.8 Å². The van der Waals surface area contributed by atoms with Crippen LogP contribution in [-0.4, -0.2) is 52.2 Å². The number of nitrogens with zero attached hydrogens (tertiary/aromatic N) is 1. The Hall–Kier alpha value is -3.37. The van der Waals surface area contributed by atoms with Gasteiger partial charge in [-0.3, -0.25) is 14.4 Å². The van der Waals surface area contributed by atoms with Gasteiger partial charge in [0.1, 0.15) is 18.4 Å². The molecule has 3 N–H and O–H groups in total. The van der Waals surface area contributed by atoms with E-state index in [-0.39, 0.29) is 30.4 Å². The fraction of sp³-hybridized carbons (Fsp3) is 0.286. The zero-order chi connectivity index (χ0) is 22.4. The SMILES string of the molecule is O=CCCC[C@H](NC(=O)[C@H](Cc1ccsc1)NN1C(=O)c2ccccc2C1=O)C(=O)O. The molecule has 9 nitrogen and oxygen atoms in total. The van der Waals surface area contributed by atoms with E-state index in [1.165, 1.54) is 23.5 Å². The summed E-state index contributed by atoms with van der Waals surface area (Å²) in [5.74, 6) is -3.05. The zero-order valence-electron chi connectivity index (χ0n) is 16.4. The fourth-order valence-electron chi connectivity index (χ4n) is 3.24. The van der Waals surface area contributed by atoms with Crippen LogP contribution in [-0.2, 0) is 20.8 Å². The fourth-order valence-corrected chi connectivity index (χ4v) is 3.92. The number of carbonyl (C=O) groups is 5. The van der Waals surface area contributed by atoms with Gasteiger partial charge in [-0.05, 0) is 53.8 Å². The van der Waals surface area contributed by atoms with Crippen molar-refractivity contribution in [2.24, 2.45) is 0 Å². The molecule has 2 aromatic rings. The number of aliphatic carboxylic acids is 1. The maximum Gasteiger partial charge on any atom is 0.326 e. The number of aldehydes is 1. The minimum Gasteiger partial charge on any atom is -0.480 e. The number of amides is 3. The number of benzene rings is 1. The molecule has 0 saturated heterocycles. The minimum absolute atomic E-state index is 0.0814. The maximum absolute atomic E-state index is 12.9. The Balaban J connectivity index is 1.77. The number of unbranched alkanes of at least 4 members (excludes halogenated alkanes) is 1. The van der Waals surface area contributed by atoms with Crippen LogP contribution in [0.15, 0.2) is 41.1 Å². The number of hydrogen-bond donors (Lipinski definition) is 3. The predicted octanol–water partition coefficient (Wildman–Crippen LogP) is 1.40. The van der Waals surface area contributed by atoms with E-state index in [2.05, 4.69) is 10.7 Å². The van der Waals surface area contributed by atoms with Crippen LogP contribution in [0.2, 0.25) is 0 Å². The average Bonchev–Trinajstić information content (AvgIpc) is 3.35. The molecule has 31 heavy (non-hydrogen) atoms. The Morgan fingerprint density at radius 3 is 2.32 bits per heavy atom. The summed E-state index contributed by atoms with van der Waals surface area (Å²) in [7, 11) is 0. The van der Waals surface area contributed by atoms with Crippen molar-refractivity contribution in [3.63, 3.8) is 0 Å². The molecular formula is C21H21N3O6S. The molecule has 0 unspecified atom stereocenters. The number of rotatable bonds is 11. The summed E-state index contributed by atoms with van der Waals surface area (Å²) in [4.78, 5) is 60.3. The number of carboxylic acid groups (broad SMARTS) is 1. The summed E-state index contributed by atoms with van der Waals surface area (Å²) in [6, 6.07) is 5.87. The summed E-state index contributed by atoms with van der Waals surface area (Å²) >= 11 is 1.43. The highest BCUT2D eigenvalue weighted by Crippen LogP contribution is 2.21. The molecule has 10 heteroatoms. The second-order valence-electron chi connectivity index (χ2n) is 7.01. The van der Waals surface area contributed by atoms with Crippen LogP contribution in [0.5, 0.6) is 0 Å². The van der Waals surface area contributed by atoms with Crippen molar-refractivity contribution in [3.05, 3.63) is 57.8 Å². The third-order valence-electron chi connectivity index (χ3n) is 4.84. The normalized spacial score (nSPS) is 14.8. The lowest BCUT2D eigenvalue weighted by Gasteiger charge is -2.25. The Labute approximate surface area is 182 Å². The van der Waals surface area contributed by atoms with Crippen molar-refractivity contribution in [1.29, 1.82) is 0 Å². The summed E-state index contributed by atoms with van der Waals surface area (Å²) in [5.41, 5.74) is 3.94. The van der Waals surface area contributed by atoms with Gasteiger partial charge in [0, 0.05) is 6.42 Å². The van der Waals surface area contributed by atoms with E-state index in [0.717, 1.165) is 10.6 Å². The van der Waals surface area contributed by atoms with Crippen molar-refractivity contribution < 1.29 is 29.1 Å². The van der Waals surface area contributed by atoms with Gasteiger partial charge in [0.15, 0.2) is 0 Å². The number of hydrazine groups is 1. The van der Waals surface area contributed by atoms with E-state index in [9.17, 15) is 29.1 Å². The van der Waals surface area contributed by atoms with E-state index in [1.54, 1.807) is 18.2 Å². The van der Waals surface area contributed by atoms with E-state index < -0.39 is 35.8 Å².